The maximum Gasteiger partial charge on any atom is 0.132 e. The van der Waals surface area contributed by atoms with Crippen molar-refractivity contribution in [2.45, 2.75) is 18.3 Å². The summed E-state index contributed by atoms with van der Waals surface area (Å²) >= 11 is 0. The predicted molar refractivity (Wildman–Crippen MR) is 67.6 cm³/mol. The van der Waals surface area contributed by atoms with Crippen LogP contribution in [0.1, 0.15) is 18.4 Å². The van der Waals surface area contributed by atoms with Crippen molar-refractivity contribution in [2.75, 3.05) is 19.7 Å². The van der Waals surface area contributed by atoms with Crippen LogP contribution in [-0.2, 0) is 5.41 Å². The van der Waals surface area contributed by atoms with Gasteiger partial charge in [0.25, 0.3) is 0 Å². The number of ether oxygens (including phenoxy) is 1. The molecular formula is C14H16N2O. The summed E-state index contributed by atoms with van der Waals surface area (Å²) in [5.41, 5.74) is 1.69. The van der Waals surface area contributed by atoms with Crippen molar-refractivity contribution in [3.8, 4) is 5.75 Å². The highest BCUT2D eigenvalue weighted by molar-refractivity contribution is 5.90. The fraction of sp³-hybridized carbons (Fsp3) is 0.429. The molecule has 2 aromatic rings. The first-order valence-electron chi connectivity index (χ1n) is 6.33. The van der Waals surface area contributed by atoms with E-state index in [0.29, 0.717) is 0 Å². The molecule has 0 saturated carbocycles. The van der Waals surface area contributed by atoms with Crippen LogP contribution in [0.25, 0.3) is 10.8 Å². The minimum absolute atomic E-state index is 0.270. The lowest BCUT2D eigenvalue weighted by atomic mass is 9.74. The van der Waals surface area contributed by atoms with Gasteiger partial charge < -0.3 is 15.0 Å². The summed E-state index contributed by atoms with van der Waals surface area (Å²) < 4.78 is 6.02. The smallest absolute Gasteiger partial charge is 0.132 e. The van der Waals surface area contributed by atoms with Crippen molar-refractivity contribution >= 4 is 10.8 Å². The molecule has 2 aliphatic rings. The molecule has 1 fully saturated rings. The number of aromatic nitrogens is 1. The van der Waals surface area contributed by atoms with E-state index in [0.717, 1.165) is 25.4 Å². The van der Waals surface area contributed by atoms with Gasteiger partial charge in [-0.2, -0.15) is 0 Å². The highest BCUT2D eigenvalue weighted by atomic mass is 16.5. The number of rotatable bonds is 0. The first kappa shape index (κ1) is 9.54. The van der Waals surface area contributed by atoms with Crippen LogP contribution >= 0.6 is 0 Å². The average Bonchev–Trinajstić information content (AvgIpc) is 2.96. The normalized spacial score (nSPS) is 21.6. The minimum atomic E-state index is 0.270. The molecule has 0 amide bonds. The molecule has 3 nitrogen and oxygen atoms in total. The van der Waals surface area contributed by atoms with Crippen LogP contribution in [0.4, 0.5) is 0 Å². The van der Waals surface area contributed by atoms with Gasteiger partial charge in [-0.1, -0.05) is 12.1 Å². The van der Waals surface area contributed by atoms with Crippen molar-refractivity contribution in [1.29, 1.82) is 0 Å². The third kappa shape index (κ3) is 1.20. The fourth-order valence-corrected chi connectivity index (χ4v) is 3.28. The molecule has 2 N–H and O–H groups in total. The highest BCUT2D eigenvalue weighted by Crippen LogP contribution is 2.47. The van der Waals surface area contributed by atoms with Crippen molar-refractivity contribution in [2.24, 2.45) is 0 Å². The predicted octanol–water partition coefficient (Wildman–Crippen LogP) is 2.18. The standard InChI is InChI=1S/C14H16N2O/c1-2-12-13(11-8-16-7-10(1)11)17-9-14(12)3-5-15-6-4-14/h1-2,7-8,15-16H,3-6,9H2. The lowest BCUT2D eigenvalue weighted by molar-refractivity contribution is 0.221. The van der Waals surface area contributed by atoms with E-state index in [1.807, 2.05) is 12.4 Å². The maximum absolute atomic E-state index is 6.02. The van der Waals surface area contributed by atoms with Crippen LogP contribution in [0.5, 0.6) is 5.75 Å². The minimum Gasteiger partial charge on any atom is -0.492 e. The maximum atomic E-state index is 6.02. The number of piperidine rings is 1. The van der Waals surface area contributed by atoms with E-state index in [4.69, 9.17) is 4.74 Å². The Morgan fingerprint density at radius 1 is 1.12 bits per heavy atom. The van der Waals surface area contributed by atoms with Gasteiger partial charge in [0.2, 0.25) is 0 Å². The molecule has 1 spiro atoms. The molecule has 0 aliphatic carbocycles. The number of fused-ring (bicyclic) bond motifs is 4. The van der Waals surface area contributed by atoms with E-state index in [-0.39, 0.29) is 5.41 Å². The van der Waals surface area contributed by atoms with Gasteiger partial charge in [0.1, 0.15) is 5.75 Å². The largest absolute Gasteiger partial charge is 0.492 e. The topological polar surface area (TPSA) is 37.0 Å². The van der Waals surface area contributed by atoms with Gasteiger partial charge in [0.05, 0.1) is 6.61 Å². The van der Waals surface area contributed by atoms with Gasteiger partial charge in [0, 0.05) is 34.1 Å². The van der Waals surface area contributed by atoms with Gasteiger partial charge in [-0.15, -0.1) is 0 Å². The van der Waals surface area contributed by atoms with Crippen LogP contribution in [0.2, 0.25) is 0 Å². The molecule has 3 heteroatoms. The first-order valence-corrected chi connectivity index (χ1v) is 6.33. The zero-order valence-electron chi connectivity index (χ0n) is 9.75. The summed E-state index contributed by atoms with van der Waals surface area (Å²) in [6.07, 6.45) is 6.46. The molecule has 2 aliphatic heterocycles. The second kappa shape index (κ2) is 3.26. The van der Waals surface area contributed by atoms with Crippen LogP contribution in [0.15, 0.2) is 24.5 Å². The summed E-state index contributed by atoms with van der Waals surface area (Å²) in [5, 5.41) is 5.92. The van der Waals surface area contributed by atoms with Gasteiger partial charge in [-0.25, -0.2) is 0 Å². The number of hydrogen-bond donors (Lipinski definition) is 2. The lowest BCUT2D eigenvalue weighted by Crippen LogP contribution is -2.40. The molecule has 1 aromatic carbocycles. The average molecular weight is 228 g/mol. The monoisotopic (exact) mass is 228 g/mol. The summed E-state index contributed by atoms with van der Waals surface area (Å²) in [5.74, 6) is 1.12. The first-order chi connectivity index (χ1) is 8.39. The van der Waals surface area contributed by atoms with Gasteiger partial charge >= 0.3 is 0 Å². The lowest BCUT2D eigenvalue weighted by Gasteiger charge is -2.32. The third-order valence-electron chi connectivity index (χ3n) is 4.32. The third-order valence-corrected chi connectivity index (χ3v) is 4.32. The Kier molecular flexibility index (Phi) is 1.83. The van der Waals surface area contributed by atoms with Crippen molar-refractivity contribution in [1.82, 2.24) is 10.3 Å². The van der Waals surface area contributed by atoms with Crippen LogP contribution in [0, 0.1) is 0 Å². The van der Waals surface area contributed by atoms with E-state index in [1.165, 1.54) is 29.2 Å². The van der Waals surface area contributed by atoms with Crippen molar-refractivity contribution in [3.05, 3.63) is 30.1 Å². The molecule has 3 heterocycles. The second-order valence-electron chi connectivity index (χ2n) is 5.22. The van der Waals surface area contributed by atoms with E-state index in [1.54, 1.807) is 0 Å². The molecule has 88 valence electrons. The number of nitrogens with one attached hydrogen (secondary N) is 2. The Bertz CT molecular complexity index is 567. The number of hydrogen-bond acceptors (Lipinski definition) is 2. The Balaban J connectivity index is 1.92. The second-order valence-corrected chi connectivity index (χ2v) is 5.22. The zero-order chi connectivity index (χ0) is 11.3. The molecule has 0 radical (unpaired) electrons. The molecule has 0 bridgehead atoms. The molecule has 4 rings (SSSR count). The molecule has 1 aromatic heterocycles. The number of H-pyrrole nitrogens is 1. The summed E-state index contributed by atoms with van der Waals surface area (Å²) in [6, 6.07) is 4.48. The molecule has 0 atom stereocenters. The SMILES string of the molecule is c1cc2c[nH]cc2c2c1C1(CCNCC1)CO2. The van der Waals surface area contributed by atoms with E-state index in [2.05, 4.69) is 22.4 Å². The fourth-order valence-electron chi connectivity index (χ4n) is 3.28. The number of benzene rings is 1. The van der Waals surface area contributed by atoms with Gasteiger partial charge in [-0.3, -0.25) is 0 Å². The summed E-state index contributed by atoms with van der Waals surface area (Å²) in [7, 11) is 0. The summed E-state index contributed by atoms with van der Waals surface area (Å²) in [4.78, 5) is 3.17. The quantitative estimate of drug-likeness (QED) is 0.725. The van der Waals surface area contributed by atoms with Crippen LogP contribution < -0.4 is 10.1 Å². The van der Waals surface area contributed by atoms with E-state index < -0.39 is 0 Å². The Labute approximate surface area is 100 Å². The number of aromatic amines is 1. The van der Waals surface area contributed by atoms with Gasteiger partial charge in [-0.05, 0) is 25.9 Å². The Morgan fingerprint density at radius 2 is 2.00 bits per heavy atom. The van der Waals surface area contributed by atoms with Crippen molar-refractivity contribution in [3.63, 3.8) is 0 Å². The zero-order valence-corrected chi connectivity index (χ0v) is 9.75. The van der Waals surface area contributed by atoms with Crippen LogP contribution in [-0.4, -0.2) is 24.7 Å². The molecule has 0 unspecified atom stereocenters. The van der Waals surface area contributed by atoms with Gasteiger partial charge in [0.15, 0.2) is 0 Å². The molecular weight excluding hydrogens is 212 g/mol. The Morgan fingerprint density at radius 3 is 2.88 bits per heavy atom. The highest BCUT2D eigenvalue weighted by Gasteiger charge is 2.42. The van der Waals surface area contributed by atoms with Crippen molar-refractivity contribution < 1.29 is 4.74 Å². The Hall–Kier alpha value is -1.48. The van der Waals surface area contributed by atoms with E-state index >= 15 is 0 Å². The van der Waals surface area contributed by atoms with Crippen LogP contribution in [0.3, 0.4) is 0 Å². The molecule has 1 saturated heterocycles. The molecule has 17 heavy (non-hydrogen) atoms. The summed E-state index contributed by atoms with van der Waals surface area (Å²) in [6.45, 7) is 3.07. The van der Waals surface area contributed by atoms with E-state index in [9.17, 15) is 0 Å².